The molecule has 1 fully saturated rings. The van der Waals surface area contributed by atoms with E-state index in [0.717, 1.165) is 44.0 Å². The van der Waals surface area contributed by atoms with E-state index in [1.807, 2.05) is 30.3 Å². The second-order valence-corrected chi connectivity index (χ2v) is 7.49. The predicted molar refractivity (Wildman–Crippen MR) is 107 cm³/mol. The molecular weight excluding hydrogens is 366 g/mol. The summed E-state index contributed by atoms with van der Waals surface area (Å²) in [6.45, 7) is 9.72. The van der Waals surface area contributed by atoms with Crippen molar-refractivity contribution in [2.45, 2.75) is 18.6 Å². The number of hydrogen-bond donors (Lipinski definition) is 1. The van der Waals surface area contributed by atoms with Gasteiger partial charge in [0, 0.05) is 50.7 Å². The van der Waals surface area contributed by atoms with Crippen molar-refractivity contribution in [3.8, 4) is 0 Å². The summed E-state index contributed by atoms with van der Waals surface area (Å²) >= 11 is 5.95. The first-order valence-corrected chi connectivity index (χ1v) is 9.82. The average molecular weight is 394 g/mol. The molecule has 2 atom stereocenters. The fourth-order valence-corrected chi connectivity index (χ4v) is 3.60. The van der Waals surface area contributed by atoms with E-state index in [-0.39, 0.29) is 6.10 Å². The zero-order valence-electron chi connectivity index (χ0n) is 15.6. The number of aliphatic hydroxyl groups is 1. The molecule has 1 saturated heterocycles. The molecule has 7 heteroatoms. The lowest BCUT2D eigenvalue weighted by molar-refractivity contribution is 0.000484. The number of ether oxygens (including phenoxy) is 1. The normalized spacial score (nSPS) is 21.7. The molecule has 0 spiro atoms. The molecule has 2 unspecified atom stereocenters. The first-order valence-electron chi connectivity index (χ1n) is 9.44. The Morgan fingerprint density at radius 3 is 2.78 bits per heavy atom. The minimum absolute atomic E-state index is 0.0220. The van der Waals surface area contributed by atoms with Gasteiger partial charge in [0.2, 0.25) is 0 Å². The van der Waals surface area contributed by atoms with Crippen LogP contribution in [0.25, 0.3) is 0 Å². The number of rotatable bonds is 9. The molecular formula is C20H28ClN3O3. The Morgan fingerprint density at radius 1 is 1.33 bits per heavy atom. The molecule has 0 aromatic heterocycles. The largest absolute Gasteiger partial charge is 0.390 e. The van der Waals surface area contributed by atoms with Crippen LogP contribution in [0.2, 0.25) is 5.02 Å². The number of oxime groups is 1. The maximum atomic E-state index is 10.5. The minimum Gasteiger partial charge on any atom is -0.390 e. The molecule has 2 aliphatic heterocycles. The summed E-state index contributed by atoms with van der Waals surface area (Å²) in [6, 6.07) is 7.64. The molecule has 3 rings (SSSR count). The molecule has 0 saturated carbocycles. The molecule has 148 valence electrons. The fourth-order valence-electron chi connectivity index (χ4n) is 3.47. The van der Waals surface area contributed by atoms with Gasteiger partial charge in [0.05, 0.1) is 25.0 Å². The molecule has 1 aromatic rings. The minimum atomic E-state index is -0.416. The summed E-state index contributed by atoms with van der Waals surface area (Å²) in [5, 5.41) is 15.4. The lowest BCUT2D eigenvalue weighted by atomic mass is 10.0. The highest BCUT2D eigenvalue weighted by molar-refractivity contribution is 6.30. The van der Waals surface area contributed by atoms with Crippen molar-refractivity contribution in [1.29, 1.82) is 0 Å². The van der Waals surface area contributed by atoms with E-state index >= 15 is 0 Å². The Kier molecular flexibility index (Phi) is 7.67. The summed E-state index contributed by atoms with van der Waals surface area (Å²) in [5.74, 6) is 0. The molecule has 6 nitrogen and oxygen atoms in total. The van der Waals surface area contributed by atoms with Crippen LogP contribution < -0.4 is 0 Å². The van der Waals surface area contributed by atoms with Crippen LogP contribution in [0.4, 0.5) is 0 Å². The van der Waals surface area contributed by atoms with Gasteiger partial charge in [-0.25, -0.2) is 0 Å². The summed E-state index contributed by atoms with van der Waals surface area (Å²) in [4.78, 5) is 10.0. The van der Waals surface area contributed by atoms with Crippen LogP contribution in [0.3, 0.4) is 0 Å². The van der Waals surface area contributed by atoms with Crippen LogP contribution in [0.1, 0.15) is 12.0 Å². The van der Waals surface area contributed by atoms with Crippen LogP contribution in [-0.2, 0) is 9.57 Å². The topological polar surface area (TPSA) is 57.5 Å². The monoisotopic (exact) mass is 393 g/mol. The second-order valence-electron chi connectivity index (χ2n) is 7.05. The van der Waals surface area contributed by atoms with Gasteiger partial charge in [0.15, 0.2) is 0 Å². The van der Waals surface area contributed by atoms with E-state index in [0.29, 0.717) is 31.2 Å². The number of β-amino-alcohol motifs (C(OH)–C–C–N with tert-alkyl or cyclic N) is 1. The van der Waals surface area contributed by atoms with Crippen molar-refractivity contribution < 1.29 is 14.7 Å². The number of aliphatic hydroxyl groups excluding tert-OH is 1. The highest BCUT2D eigenvalue weighted by Gasteiger charge is 2.25. The van der Waals surface area contributed by atoms with Gasteiger partial charge in [0.1, 0.15) is 6.10 Å². The van der Waals surface area contributed by atoms with Crippen LogP contribution in [-0.4, -0.2) is 85.3 Å². The third-order valence-corrected chi connectivity index (χ3v) is 5.05. The van der Waals surface area contributed by atoms with Crippen LogP contribution >= 0.6 is 11.6 Å². The van der Waals surface area contributed by atoms with E-state index < -0.39 is 6.10 Å². The Bertz CT molecular complexity index is 632. The van der Waals surface area contributed by atoms with E-state index in [2.05, 4.69) is 21.5 Å². The molecule has 1 N–H and O–H groups in total. The van der Waals surface area contributed by atoms with Gasteiger partial charge in [-0.05, 0) is 17.7 Å². The summed E-state index contributed by atoms with van der Waals surface area (Å²) in [5.41, 5.74) is 1.97. The smallest absolute Gasteiger partial charge is 0.145 e. The van der Waals surface area contributed by atoms with Gasteiger partial charge in [0.25, 0.3) is 0 Å². The lowest BCUT2D eigenvalue weighted by Crippen LogP contribution is -2.46. The van der Waals surface area contributed by atoms with Crippen LogP contribution in [0.15, 0.2) is 42.1 Å². The molecule has 1 aromatic carbocycles. The Morgan fingerprint density at radius 2 is 2.07 bits per heavy atom. The molecule has 0 amide bonds. The summed E-state index contributed by atoms with van der Waals surface area (Å²) < 4.78 is 5.36. The van der Waals surface area contributed by atoms with E-state index in [1.165, 1.54) is 0 Å². The Hall–Kier alpha value is -1.44. The van der Waals surface area contributed by atoms with Gasteiger partial charge >= 0.3 is 0 Å². The molecule has 2 aliphatic rings. The van der Waals surface area contributed by atoms with Crippen molar-refractivity contribution in [3.05, 3.63) is 47.5 Å². The van der Waals surface area contributed by atoms with Gasteiger partial charge in [-0.3, -0.25) is 9.80 Å². The fraction of sp³-hybridized carbons (Fsp3) is 0.550. The van der Waals surface area contributed by atoms with E-state index in [1.54, 1.807) is 0 Å². The number of morpholine rings is 1. The van der Waals surface area contributed by atoms with Crippen LogP contribution in [0, 0.1) is 0 Å². The number of hydrogen-bond acceptors (Lipinski definition) is 6. The standard InChI is InChI=1S/C20H28ClN3O3/c1-2-7-24(14-18(25)13-23-8-10-26-11-9-23)15-19-12-20(22-27-19)16-3-5-17(21)6-4-16/h2-6,18-19,25H,1,7-15H2. The zero-order valence-corrected chi connectivity index (χ0v) is 16.4. The number of nitrogens with zero attached hydrogens (tertiary/aromatic N) is 3. The molecule has 0 bridgehead atoms. The second kappa shape index (κ2) is 10.2. The predicted octanol–water partition coefficient (Wildman–Crippen LogP) is 2.01. The van der Waals surface area contributed by atoms with Gasteiger partial charge < -0.3 is 14.7 Å². The van der Waals surface area contributed by atoms with Crippen molar-refractivity contribution in [3.63, 3.8) is 0 Å². The average Bonchev–Trinajstić information content (AvgIpc) is 3.11. The summed E-state index contributed by atoms with van der Waals surface area (Å²) in [7, 11) is 0. The van der Waals surface area contributed by atoms with Crippen molar-refractivity contribution in [1.82, 2.24) is 9.80 Å². The third kappa shape index (κ3) is 6.30. The highest BCUT2D eigenvalue weighted by atomic mass is 35.5. The molecule has 0 radical (unpaired) electrons. The van der Waals surface area contributed by atoms with Gasteiger partial charge in [-0.2, -0.15) is 0 Å². The van der Waals surface area contributed by atoms with E-state index in [9.17, 15) is 5.11 Å². The highest BCUT2D eigenvalue weighted by Crippen LogP contribution is 2.19. The third-order valence-electron chi connectivity index (χ3n) is 4.80. The maximum Gasteiger partial charge on any atom is 0.145 e. The van der Waals surface area contributed by atoms with Crippen LogP contribution in [0.5, 0.6) is 0 Å². The molecule has 2 heterocycles. The summed E-state index contributed by atoms with van der Waals surface area (Å²) in [6.07, 6.45) is 2.17. The SMILES string of the molecule is C=CCN(CC(O)CN1CCOCC1)CC1CC(c2ccc(Cl)cc2)=NO1. The number of benzene rings is 1. The first kappa shape index (κ1) is 20.3. The van der Waals surface area contributed by atoms with Crippen molar-refractivity contribution in [2.75, 3.05) is 52.5 Å². The quantitative estimate of drug-likeness (QED) is 0.650. The zero-order chi connectivity index (χ0) is 19.1. The van der Waals surface area contributed by atoms with Gasteiger partial charge in [-0.1, -0.05) is 35.0 Å². The Balaban J connectivity index is 1.47. The number of halogens is 1. The molecule has 27 heavy (non-hydrogen) atoms. The lowest BCUT2D eigenvalue weighted by Gasteiger charge is -2.31. The van der Waals surface area contributed by atoms with E-state index in [4.69, 9.17) is 21.2 Å². The van der Waals surface area contributed by atoms with Gasteiger partial charge in [-0.15, -0.1) is 6.58 Å². The Labute approximate surface area is 166 Å². The maximum absolute atomic E-state index is 10.5. The first-order chi connectivity index (χ1) is 13.1. The van der Waals surface area contributed by atoms with Crippen molar-refractivity contribution in [2.24, 2.45) is 5.16 Å². The van der Waals surface area contributed by atoms with Crippen molar-refractivity contribution >= 4 is 17.3 Å². The molecule has 0 aliphatic carbocycles.